The zero-order valence-electron chi connectivity index (χ0n) is 12.1. The molecule has 2 aromatic rings. The third-order valence-corrected chi connectivity index (χ3v) is 3.39. The molecule has 112 valence electrons. The monoisotopic (exact) mass is 306 g/mol. The summed E-state index contributed by atoms with van der Waals surface area (Å²) in [7, 11) is 0. The highest BCUT2D eigenvalue weighted by Crippen LogP contribution is 2.24. The Labute approximate surface area is 127 Å². The third-order valence-electron chi connectivity index (χ3n) is 2.58. The molecule has 1 aromatic heterocycles. The van der Waals surface area contributed by atoms with Gasteiger partial charge in [0, 0.05) is 17.1 Å². The molecular weight excluding hydrogens is 288 g/mol. The SMILES string of the molecule is CCOC(=O)Cc1csc(Nc2cccc(OCC)c2)n1. The minimum atomic E-state index is -0.257. The van der Waals surface area contributed by atoms with Crippen LogP contribution in [0.5, 0.6) is 5.75 Å². The molecule has 1 heterocycles. The van der Waals surface area contributed by atoms with E-state index in [0.29, 0.717) is 18.9 Å². The predicted octanol–water partition coefficient (Wildman–Crippen LogP) is 3.39. The van der Waals surface area contributed by atoms with Gasteiger partial charge in [-0.15, -0.1) is 11.3 Å². The third kappa shape index (κ3) is 4.75. The molecule has 2 rings (SSSR count). The second-order valence-electron chi connectivity index (χ2n) is 4.21. The van der Waals surface area contributed by atoms with E-state index in [-0.39, 0.29) is 12.4 Å². The molecule has 0 fully saturated rings. The van der Waals surface area contributed by atoms with Crippen LogP contribution in [0.2, 0.25) is 0 Å². The topological polar surface area (TPSA) is 60.5 Å². The summed E-state index contributed by atoms with van der Waals surface area (Å²) in [6.07, 6.45) is 0.199. The second kappa shape index (κ2) is 7.64. The molecule has 1 aromatic carbocycles. The zero-order chi connectivity index (χ0) is 15.1. The van der Waals surface area contributed by atoms with Crippen molar-refractivity contribution in [2.45, 2.75) is 20.3 Å². The minimum absolute atomic E-state index is 0.199. The Hall–Kier alpha value is -2.08. The number of thiazole rings is 1. The molecule has 6 heteroatoms. The van der Waals surface area contributed by atoms with Crippen molar-refractivity contribution in [3.8, 4) is 5.75 Å². The van der Waals surface area contributed by atoms with Crippen LogP contribution in [0, 0.1) is 0 Å². The van der Waals surface area contributed by atoms with Gasteiger partial charge in [0.1, 0.15) is 5.75 Å². The maximum Gasteiger partial charge on any atom is 0.311 e. The Morgan fingerprint density at radius 1 is 1.33 bits per heavy atom. The summed E-state index contributed by atoms with van der Waals surface area (Å²) in [4.78, 5) is 15.8. The number of nitrogens with zero attached hydrogens (tertiary/aromatic N) is 1. The molecule has 0 bridgehead atoms. The van der Waals surface area contributed by atoms with Crippen LogP contribution < -0.4 is 10.1 Å². The Balaban J connectivity index is 1.98. The van der Waals surface area contributed by atoms with Crippen LogP contribution in [0.3, 0.4) is 0 Å². The van der Waals surface area contributed by atoms with Gasteiger partial charge in [0.2, 0.25) is 0 Å². The molecule has 5 nitrogen and oxygen atoms in total. The summed E-state index contributed by atoms with van der Waals surface area (Å²) in [6, 6.07) is 7.67. The van der Waals surface area contributed by atoms with Crippen molar-refractivity contribution in [2.75, 3.05) is 18.5 Å². The van der Waals surface area contributed by atoms with Gasteiger partial charge in [-0.3, -0.25) is 4.79 Å². The molecule has 0 amide bonds. The lowest BCUT2D eigenvalue weighted by molar-refractivity contribution is -0.142. The molecule has 0 saturated heterocycles. The summed E-state index contributed by atoms with van der Waals surface area (Å²) >= 11 is 1.45. The maximum atomic E-state index is 11.4. The molecule has 21 heavy (non-hydrogen) atoms. The van der Waals surface area contributed by atoms with Crippen LogP contribution in [0.4, 0.5) is 10.8 Å². The number of anilines is 2. The molecule has 0 unspecified atom stereocenters. The van der Waals surface area contributed by atoms with Crippen LogP contribution in [-0.2, 0) is 16.0 Å². The number of hydrogen-bond donors (Lipinski definition) is 1. The first kappa shape index (κ1) is 15.3. The van der Waals surface area contributed by atoms with Crippen molar-refractivity contribution in [2.24, 2.45) is 0 Å². The Bertz CT molecular complexity index is 598. The van der Waals surface area contributed by atoms with Gasteiger partial charge in [0.15, 0.2) is 5.13 Å². The summed E-state index contributed by atoms with van der Waals surface area (Å²) in [5, 5.41) is 5.80. The van der Waals surface area contributed by atoms with Crippen LogP contribution in [0.15, 0.2) is 29.6 Å². The molecule has 0 spiro atoms. The lowest BCUT2D eigenvalue weighted by Crippen LogP contribution is -2.07. The van der Waals surface area contributed by atoms with E-state index in [4.69, 9.17) is 9.47 Å². The summed E-state index contributed by atoms with van der Waals surface area (Å²) < 4.78 is 10.4. The van der Waals surface area contributed by atoms with E-state index in [1.165, 1.54) is 11.3 Å². The van der Waals surface area contributed by atoms with Gasteiger partial charge in [-0.2, -0.15) is 0 Å². The van der Waals surface area contributed by atoms with E-state index in [9.17, 15) is 4.79 Å². The predicted molar refractivity (Wildman–Crippen MR) is 83.3 cm³/mol. The van der Waals surface area contributed by atoms with Crippen molar-refractivity contribution in [3.05, 3.63) is 35.3 Å². The molecule has 1 N–H and O–H groups in total. The molecular formula is C15H18N2O3S. The summed E-state index contributed by atoms with van der Waals surface area (Å²) in [5.41, 5.74) is 1.61. The van der Waals surface area contributed by atoms with E-state index in [0.717, 1.165) is 16.6 Å². The normalized spacial score (nSPS) is 10.2. The van der Waals surface area contributed by atoms with Crippen LogP contribution in [0.25, 0.3) is 0 Å². The first-order valence-corrected chi connectivity index (χ1v) is 7.69. The van der Waals surface area contributed by atoms with Crippen molar-refractivity contribution >= 4 is 28.1 Å². The molecule has 0 aliphatic rings. The van der Waals surface area contributed by atoms with Crippen LogP contribution in [0.1, 0.15) is 19.5 Å². The number of nitrogens with one attached hydrogen (secondary N) is 1. The number of esters is 1. The Kier molecular flexibility index (Phi) is 5.57. The van der Waals surface area contributed by atoms with Crippen molar-refractivity contribution < 1.29 is 14.3 Å². The molecule has 0 aliphatic carbocycles. The standard InChI is InChI=1S/C15H18N2O3S/c1-3-19-13-7-5-6-11(8-13)16-15-17-12(10-21-15)9-14(18)20-4-2/h5-8,10H,3-4,9H2,1-2H3,(H,16,17). The minimum Gasteiger partial charge on any atom is -0.494 e. The van der Waals surface area contributed by atoms with Crippen molar-refractivity contribution in [1.82, 2.24) is 4.98 Å². The highest BCUT2D eigenvalue weighted by Gasteiger charge is 2.08. The van der Waals surface area contributed by atoms with E-state index < -0.39 is 0 Å². The maximum absolute atomic E-state index is 11.4. The van der Waals surface area contributed by atoms with Gasteiger partial charge in [0.25, 0.3) is 0 Å². The van der Waals surface area contributed by atoms with Gasteiger partial charge < -0.3 is 14.8 Å². The fourth-order valence-corrected chi connectivity index (χ4v) is 2.49. The number of aromatic nitrogens is 1. The average molecular weight is 306 g/mol. The first-order valence-electron chi connectivity index (χ1n) is 6.81. The van der Waals surface area contributed by atoms with Gasteiger partial charge >= 0.3 is 5.97 Å². The fourth-order valence-electron chi connectivity index (χ4n) is 1.76. The van der Waals surface area contributed by atoms with E-state index >= 15 is 0 Å². The van der Waals surface area contributed by atoms with Gasteiger partial charge in [-0.05, 0) is 26.0 Å². The van der Waals surface area contributed by atoms with Gasteiger partial charge in [-0.1, -0.05) is 6.07 Å². The zero-order valence-corrected chi connectivity index (χ0v) is 12.9. The number of hydrogen-bond acceptors (Lipinski definition) is 6. The highest BCUT2D eigenvalue weighted by atomic mass is 32.1. The van der Waals surface area contributed by atoms with Gasteiger partial charge in [0.05, 0.1) is 25.3 Å². The van der Waals surface area contributed by atoms with Gasteiger partial charge in [-0.25, -0.2) is 4.98 Å². The molecule has 0 atom stereocenters. The molecule has 0 radical (unpaired) electrons. The first-order chi connectivity index (χ1) is 10.2. The Morgan fingerprint density at radius 2 is 2.19 bits per heavy atom. The van der Waals surface area contributed by atoms with E-state index in [1.54, 1.807) is 6.92 Å². The highest BCUT2D eigenvalue weighted by molar-refractivity contribution is 7.13. The second-order valence-corrected chi connectivity index (χ2v) is 5.07. The summed E-state index contributed by atoms with van der Waals surface area (Å²) in [6.45, 7) is 4.75. The average Bonchev–Trinajstić information content (AvgIpc) is 2.87. The number of rotatable bonds is 7. The quantitative estimate of drug-likeness (QED) is 0.795. The lowest BCUT2D eigenvalue weighted by Gasteiger charge is -2.06. The smallest absolute Gasteiger partial charge is 0.311 e. The number of benzene rings is 1. The number of ether oxygens (including phenoxy) is 2. The molecule has 0 saturated carbocycles. The largest absolute Gasteiger partial charge is 0.494 e. The van der Waals surface area contributed by atoms with E-state index in [1.807, 2.05) is 36.6 Å². The van der Waals surface area contributed by atoms with Crippen molar-refractivity contribution in [3.63, 3.8) is 0 Å². The number of carbonyl (C=O) groups is 1. The Morgan fingerprint density at radius 3 is 2.95 bits per heavy atom. The van der Waals surface area contributed by atoms with Crippen LogP contribution >= 0.6 is 11.3 Å². The fraction of sp³-hybridized carbons (Fsp3) is 0.333. The molecule has 0 aliphatic heterocycles. The van der Waals surface area contributed by atoms with Crippen molar-refractivity contribution in [1.29, 1.82) is 0 Å². The number of carbonyl (C=O) groups excluding carboxylic acids is 1. The van der Waals surface area contributed by atoms with Crippen LogP contribution in [-0.4, -0.2) is 24.2 Å². The summed E-state index contributed by atoms with van der Waals surface area (Å²) in [5.74, 6) is 0.554. The lowest BCUT2D eigenvalue weighted by atomic mass is 10.3. The van der Waals surface area contributed by atoms with E-state index in [2.05, 4.69) is 10.3 Å².